The average molecular weight is 329 g/mol. The van der Waals surface area contributed by atoms with E-state index in [1.54, 1.807) is 0 Å². The number of hydrogen-bond donors (Lipinski definition) is 1. The number of hydrogen-bond acceptors (Lipinski definition) is 3. The van der Waals surface area contributed by atoms with Gasteiger partial charge in [-0.2, -0.15) is 0 Å². The Hall–Kier alpha value is -1.62. The van der Waals surface area contributed by atoms with E-state index in [4.69, 9.17) is 4.74 Å². The number of aliphatic carboxylic acids is 1. The minimum Gasteiger partial charge on any atom is -0.481 e. The van der Waals surface area contributed by atoms with Crippen LogP contribution in [0.5, 0.6) is 0 Å². The molecule has 1 amide bonds. The second kappa shape index (κ2) is 4.31. The zero-order chi connectivity index (χ0) is 16.9. The van der Waals surface area contributed by atoms with E-state index in [-0.39, 0.29) is 5.91 Å². The summed E-state index contributed by atoms with van der Waals surface area (Å²) in [5.74, 6) is -0.934. The molecule has 0 radical (unpaired) electrons. The highest BCUT2D eigenvalue weighted by molar-refractivity contribution is 5.90. The molecule has 6 aliphatic rings. The lowest BCUT2D eigenvalue weighted by Crippen LogP contribution is -2.50. The van der Waals surface area contributed by atoms with E-state index in [0.29, 0.717) is 24.4 Å². The van der Waals surface area contributed by atoms with Crippen LogP contribution in [0, 0.1) is 29.1 Å². The monoisotopic (exact) mass is 329 g/mol. The number of nitrogens with zero attached hydrogens (tertiary/aromatic N) is 1. The molecule has 1 N–H and O–H groups in total. The fraction of sp³-hybridized carbons (Fsp3) is 0.684. The number of fused-ring (bicyclic) bond motifs is 2. The van der Waals surface area contributed by atoms with Gasteiger partial charge in [-0.05, 0) is 30.1 Å². The summed E-state index contributed by atoms with van der Waals surface area (Å²) in [5.41, 5.74) is 0.981. The summed E-state index contributed by atoms with van der Waals surface area (Å²) in [5, 5.41) is 9.53. The second-order valence-electron chi connectivity index (χ2n) is 8.75. The molecule has 2 saturated heterocycles. The lowest BCUT2D eigenvalue weighted by atomic mass is 9.49. The fourth-order valence-corrected chi connectivity index (χ4v) is 5.87. The average Bonchev–Trinajstić information content (AvgIpc) is 3.16. The van der Waals surface area contributed by atoms with Crippen molar-refractivity contribution < 1.29 is 19.4 Å². The standard InChI is InChI=1S/C19H23NO4/c1-18(2)11-4-3-10(12(18)7-11)8-20-9-19-6-5-13(24-19)14(17(22)23)15(19)16(20)21/h3,5-6,11-15H,4,7-9H2,1-2H3,(H,22,23)/t11-,12+,13+,14+,15-,19+/m1/s1. The predicted molar refractivity (Wildman–Crippen MR) is 86.0 cm³/mol. The number of carbonyl (C=O) groups is 2. The summed E-state index contributed by atoms with van der Waals surface area (Å²) in [6.07, 6.45) is 7.95. The number of allylic oxidation sites excluding steroid dienone is 1. The van der Waals surface area contributed by atoms with Crippen molar-refractivity contribution >= 4 is 11.9 Å². The minimum absolute atomic E-state index is 0.0468. The summed E-state index contributed by atoms with van der Waals surface area (Å²) in [7, 11) is 0. The summed E-state index contributed by atoms with van der Waals surface area (Å²) in [4.78, 5) is 26.4. The normalized spacial score (nSPS) is 46.8. The Morgan fingerprint density at radius 2 is 2.25 bits per heavy atom. The van der Waals surface area contributed by atoms with Gasteiger partial charge in [0, 0.05) is 6.54 Å². The molecule has 6 rings (SSSR count). The molecule has 4 bridgehead atoms. The zero-order valence-corrected chi connectivity index (χ0v) is 14.1. The third-order valence-electron chi connectivity index (χ3n) is 7.42. The first-order chi connectivity index (χ1) is 11.3. The van der Waals surface area contributed by atoms with E-state index in [9.17, 15) is 14.7 Å². The highest BCUT2D eigenvalue weighted by Gasteiger charge is 2.67. The number of ether oxygens (including phenoxy) is 1. The van der Waals surface area contributed by atoms with Gasteiger partial charge in [0.15, 0.2) is 0 Å². The molecule has 3 fully saturated rings. The lowest BCUT2D eigenvalue weighted by molar-refractivity contribution is -0.148. The first-order valence-corrected chi connectivity index (χ1v) is 8.91. The van der Waals surface area contributed by atoms with E-state index in [1.807, 2.05) is 17.1 Å². The van der Waals surface area contributed by atoms with Crippen LogP contribution in [0.3, 0.4) is 0 Å². The molecular weight excluding hydrogens is 306 g/mol. The molecule has 1 spiro atoms. The second-order valence-corrected chi connectivity index (χ2v) is 8.75. The van der Waals surface area contributed by atoms with Gasteiger partial charge in [0.1, 0.15) is 11.5 Å². The van der Waals surface area contributed by atoms with Gasteiger partial charge in [-0.15, -0.1) is 0 Å². The number of amides is 1. The van der Waals surface area contributed by atoms with Crippen molar-refractivity contribution in [2.75, 3.05) is 13.1 Å². The Balaban J connectivity index is 1.40. The topological polar surface area (TPSA) is 66.8 Å². The van der Waals surface area contributed by atoms with E-state index in [1.165, 1.54) is 12.0 Å². The lowest BCUT2D eigenvalue weighted by Gasteiger charge is -2.56. The molecule has 0 aromatic carbocycles. The van der Waals surface area contributed by atoms with Gasteiger partial charge in [-0.3, -0.25) is 9.59 Å². The third kappa shape index (κ3) is 1.59. The Morgan fingerprint density at radius 1 is 1.46 bits per heavy atom. The van der Waals surface area contributed by atoms with Gasteiger partial charge in [-0.25, -0.2) is 0 Å². The summed E-state index contributed by atoms with van der Waals surface area (Å²) in [6, 6.07) is 0. The van der Waals surface area contributed by atoms with Crippen LogP contribution in [-0.2, 0) is 14.3 Å². The SMILES string of the molecule is CC1(C)[C@@H]2CC=C(CN3C[C@]45C=C[C@H](O4)[C@H](C(=O)O)[C@@H]5C3=O)[C@@H]1C2. The molecule has 24 heavy (non-hydrogen) atoms. The van der Waals surface area contributed by atoms with Crippen molar-refractivity contribution in [2.24, 2.45) is 29.1 Å². The van der Waals surface area contributed by atoms with E-state index in [2.05, 4.69) is 19.9 Å². The number of carbonyl (C=O) groups excluding carboxylic acids is 1. The van der Waals surface area contributed by atoms with Crippen LogP contribution < -0.4 is 0 Å². The van der Waals surface area contributed by atoms with Crippen LogP contribution in [0.15, 0.2) is 23.8 Å². The first kappa shape index (κ1) is 14.7. The van der Waals surface area contributed by atoms with Crippen LogP contribution >= 0.6 is 0 Å². The minimum atomic E-state index is -0.925. The van der Waals surface area contributed by atoms with Crippen LogP contribution in [-0.4, -0.2) is 46.7 Å². The molecule has 0 unspecified atom stereocenters. The number of carboxylic acids is 1. The van der Waals surface area contributed by atoms with Crippen LogP contribution in [0.4, 0.5) is 0 Å². The quantitative estimate of drug-likeness (QED) is 0.803. The smallest absolute Gasteiger partial charge is 0.310 e. The molecule has 5 nitrogen and oxygen atoms in total. The molecule has 128 valence electrons. The van der Waals surface area contributed by atoms with Crippen molar-refractivity contribution in [3.63, 3.8) is 0 Å². The maximum atomic E-state index is 13.0. The molecule has 0 aromatic heterocycles. The van der Waals surface area contributed by atoms with E-state index in [0.717, 1.165) is 12.3 Å². The molecular formula is C19H23NO4. The highest BCUT2D eigenvalue weighted by Crippen LogP contribution is 2.60. The maximum absolute atomic E-state index is 13.0. The Bertz CT molecular complexity index is 708. The van der Waals surface area contributed by atoms with Gasteiger partial charge < -0.3 is 14.7 Å². The van der Waals surface area contributed by atoms with Crippen molar-refractivity contribution in [3.8, 4) is 0 Å². The number of rotatable bonds is 3. The van der Waals surface area contributed by atoms with E-state index >= 15 is 0 Å². The molecule has 3 aliphatic carbocycles. The van der Waals surface area contributed by atoms with Crippen LogP contribution in [0.2, 0.25) is 0 Å². The van der Waals surface area contributed by atoms with Crippen molar-refractivity contribution in [1.82, 2.24) is 4.90 Å². The van der Waals surface area contributed by atoms with Gasteiger partial charge in [-0.1, -0.05) is 37.6 Å². The largest absolute Gasteiger partial charge is 0.481 e. The zero-order valence-electron chi connectivity index (χ0n) is 14.1. The first-order valence-electron chi connectivity index (χ1n) is 8.91. The molecule has 3 aliphatic heterocycles. The summed E-state index contributed by atoms with van der Waals surface area (Å²) in [6.45, 7) is 5.77. The van der Waals surface area contributed by atoms with Crippen LogP contribution in [0.25, 0.3) is 0 Å². The Morgan fingerprint density at radius 3 is 2.92 bits per heavy atom. The predicted octanol–water partition coefficient (Wildman–Crippen LogP) is 1.85. The molecule has 3 heterocycles. The molecule has 5 heteroatoms. The fourth-order valence-electron chi connectivity index (χ4n) is 5.87. The molecule has 1 saturated carbocycles. The van der Waals surface area contributed by atoms with Crippen molar-refractivity contribution in [2.45, 2.75) is 38.4 Å². The summed E-state index contributed by atoms with van der Waals surface area (Å²) >= 11 is 0. The number of carboxylic acid groups (broad SMARTS) is 1. The van der Waals surface area contributed by atoms with Crippen molar-refractivity contribution in [3.05, 3.63) is 23.8 Å². The van der Waals surface area contributed by atoms with Crippen molar-refractivity contribution in [1.29, 1.82) is 0 Å². The Kier molecular flexibility index (Phi) is 2.64. The van der Waals surface area contributed by atoms with Crippen LogP contribution in [0.1, 0.15) is 26.7 Å². The molecule has 0 aromatic rings. The highest BCUT2D eigenvalue weighted by atomic mass is 16.5. The third-order valence-corrected chi connectivity index (χ3v) is 7.42. The van der Waals surface area contributed by atoms with Gasteiger partial charge >= 0.3 is 5.97 Å². The van der Waals surface area contributed by atoms with Gasteiger partial charge in [0.2, 0.25) is 5.91 Å². The van der Waals surface area contributed by atoms with E-state index < -0.39 is 29.5 Å². The van der Waals surface area contributed by atoms with Gasteiger partial charge in [0.25, 0.3) is 0 Å². The summed E-state index contributed by atoms with van der Waals surface area (Å²) < 4.78 is 5.95. The Labute approximate surface area is 141 Å². The maximum Gasteiger partial charge on any atom is 0.310 e. The van der Waals surface area contributed by atoms with Gasteiger partial charge in [0.05, 0.1) is 18.6 Å². The number of likely N-dealkylation sites (tertiary alicyclic amines) is 1. The molecule has 6 atom stereocenters.